The largest absolute Gasteiger partial charge is 0.493 e. The Morgan fingerprint density at radius 1 is 0.611 bits per heavy atom. The van der Waals surface area contributed by atoms with E-state index in [0.717, 1.165) is 0 Å². The van der Waals surface area contributed by atoms with Gasteiger partial charge in [-0.25, -0.2) is 43.3 Å². The monoisotopic (exact) mass is 1730 g/mol. The van der Waals surface area contributed by atoms with Crippen molar-refractivity contribution < 1.29 is 75.2 Å². The van der Waals surface area contributed by atoms with E-state index in [4.69, 9.17) is 67.8 Å². The van der Waals surface area contributed by atoms with Crippen LogP contribution in [-0.4, -0.2) is 244 Å². The Labute approximate surface area is 724 Å². The minimum Gasteiger partial charge on any atom is -0.493 e. The Morgan fingerprint density at radius 2 is 1.17 bits per heavy atom. The van der Waals surface area contributed by atoms with Crippen molar-refractivity contribution in [1.29, 1.82) is 0 Å². The van der Waals surface area contributed by atoms with Gasteiger partial charge in [-0.2, -0.15) is 15.0 Å². The minimum absolute atomic E-state index is 0.00701. The average Bonchev–Trinajstić information content (AvgIpc) is 1.50. The van der Waals surface area contributed by atoms with E-state index >= 15 is 8.78 Å². The number of anilines is 9. The number of halogens is 2. The molecule has 7 aromatic heterocycles. The van der Waals surface area contributed by atoms with Gasteiger partial charge in [0.25, 0.3) is 23.9 Å². The fourth-order valence-corrected chi connectivity index (χ4v) is 16.8. The van der Waals surface area contributed by atoms with Gasteiger partial charge in [-0.05, 0) is 131 Å². The number of carbonyl (C=O) groups excluding carboxylic acids is 5. The Morgan fingerprint density at radius 3 is 1.77 bits per heavy atom. The summed E-state index contributed by atoms with van der Waals surface area (Å²) in [4.78, 5) is 123. The Bertz CT molecular complexity index is 5880. The second kappa shape index (κ2) is 34.2. The summed E-state index contributed by atoms with van der Waals surface area (Å²) in [5.74, 6) is 0.273. The maximum Gasteiger partial charge on any atom is 0.369 e. The summed E-state index contributed by atoms with van der Waals surface area (Å²) in [6, 6.07) is 20.9. The quantitative estimate of drug-likeness (QED) is 0.0364. The number of H-pyrrole nitrogens is 1. The maximum atomic E-state index is 17.1. The number of hydrogen-bond donors (Lipinski definition) is 6. The SMILES string of the molecule is CCN1CC(C)(C)Oc2nc(N3CC4CC(COc5ccnc(NC(=O)Nc6ccc(-c7nc(N8CCOCC8C)nc8c7C(=O)N(CC)CC(C)(C)O8)cc6)c5)C(C3)O4)nc(-c3ccc(Nc4nnc(-c5ccc(OC)[n+](C6CN(c7nc8c(c(-c9ccc(NC(=O)Nc%10cn(C)cn%10)c(F)c9)n7)C(=O)N(CC)CC(C)(C)O8)C(C)CO6)c5)[nH]4)c(F)c3)c2C1=O. The topological polar surface area (TPSA) is 392 Å². The van der Waals surface area contributed by atoms with E-state index in [2.05, 4.69) is 56.6 Å². The van der Waals surface area contributed by atoms with Gasteiger partial charge in [0.1, 0.15) is 63.2 Å². The van der Waals surface area contributed by atoms with Gasteiger partial charge >= 0.3 is 17.9 Å². The molecule has 4 fully saturated rings. The van der Waals surface area contributed by atoms with E-state index < -0.39 is 52.6 Å². The molecule has 0 radical (unpaired) electrons. The number of amides is 7. The number of aromatic amines is 1. The van der Waals surface area contributed by atoms with Gasteiger partial charge in [0.15, 0.2) is 17.8 Å². The first kappa shape index (κ1) is 84.6. The van der Waals surface area contributed by atoms with Crippen LogP contribution < -0.4 is 69.5 Å². The first-order valence-corrected chi connectivity index (χ1v) is 42.0. The van der Waals surface area contributed by atoms with Crippen molar-refractivity contribution in [2.45, 2.75) is 130 Å². The molecule has 4 saturated heterocycles. The number of aryl methyl sites for hydroxylation is 1. The third kappa shape index (κ3) is 17.6. The Balaban J connectivity index is 0.568. The smallest absolute Gasteiger partial charge is 0.369 e. The molecule has 7 aliphatic rings. The van der Waals surface area contributed by atoms with Crippen LogP contribution in [0.25, 0.3) is 45.2 Å². The molecule has 7 amide bonds. The van der Waals surface area contributed by atoms with E-state index in [-0.39, 0.29) is 173 Å². The summed E-state index contributed by atoms with van der Waals surface area (Å²) in [6.07, 6.45) is 5.69. The molecule has 0 saturated carbocycles. The number of aromatic nitrogens is 13. The number of nitrogens with one attached hydrogen (secondary N) is 6. The number of likely N-dealkylation sites (N-methyl/N-ethyl adjacent to an activating group) is 3. The lowest BCUT2D eigenvalue weighted by atomic mass is 10.0. The summed E-state index contributed by atoms with van der Waals surface area (Å²) in [6.45, 7) is 25.8. The van der Waals surface area contributed by atoms with E-state index in [0.29, 0.717) is 111 Å². The molecular weight excluding hydrogens is 1630 g/mol. The number of nitrogens with zero attached hydrogens (tertiary/aromatic N) is 18. The summed E-state index contributed by atoms with van der Waals surface area (Å²) in [5, 5.41) is 22.7. The summed E-state index contributed by atoms with van der Waals surface area (Å²) in [7, 11) is 3.27. The molecule has 126 heavy (non-hydrogen) atoms. The van der Waals surface area contributed by atoms with Crippen LogP contribution in [0, 0.1) is 17.6 Å². The van der Waals surface area contributed by atoms with Crippen LogP contribution in [0.1, 0.15) is 120 Å². The lowest BCUT2D eigenvalue weighted by Crippen LogP contribution is -2.55. The van der Waals surface area contributed by atoms with E-state index in [9.17, 15) is 24.0 Å². The molecule has 17 rings (SSSR count). The second-order valence-corrected chi connectivity index (χ2v) is 34.1. The van der Waals surface area contributed by atoms with Gasteiger partial charge in [0, 0.05) is 93.1 Å². The van der Waals surface area contributed by atoms with Gasteiger partial charge in [-0.15, -0.1) is 14.8 Å². The van der Waals surface area contributed by atoms with Gasteiger partial charge < -0.3 is 92.8 Å². The molecule has 2 bridgehead atoms. The van der Waals surface area contributed by atoms with Gasteiger partial charge in [-0.1, -0.05) is 24.3 Å². The molecule has 0 aliphatic carbocycles. The van der Waals surface area contributed by atoms with Crippen molar-refractivity contribution in [3.05, 3.63) is 138 Å². The maximum absolute atomic E-state index is 17.1. The fraction of sp³-hybridized carbons (Fsp3) is 0.425. The predicted octanol–water partition coefficient (Wildman–Crippen LogP) is 10.8. The molecule has 39 heteroatoms. The van der Waals surface area contributed by atoms with E-state index in [1.165, 1.54) is 37.7 Å². The number of hydrogen-bond acceptors (Lipinski definition) is 27. The highest BCUT2D eigenvalue weighted by molar-refractivity contribution is 6.06. The lowest BCUT2D eigenvalue weighted by molar-refractivity contribution is -0.764. The number of imidazole rings is 1. The van der Waals surface area contributed by atoms with E-state index in [1.807, 2.05) is 86.0 Å². The van der Waals surface area contributed by atoms with Gasteiger partial charge in [0.05, 0.1) is 124 Å². The van der Waals surface area contributed by atoms with Crippen LogP contribution in [0.2, 0.25) is 0 Å². The van der Waals surface area contributed by atoms with Crippen LogP contribution in [-0.2, 0) is 21.3 Å². The average molecular weight is 1730 g/mol. The number of carbonyl (C=O) groups is 5. The lowest BCUT2D eigenvalue weighted by Gasteiger charge is -2.36. The second-order valence-electron chi connectivity index (χ2n) is 34.1. The standard InChI is InChI=1S/C87H98F2N24O13/c1-14-107-44-86(8,9)125-74-66(76(107)114)69(98-81(102-74)111-29-30-120-40-47(111)4)49-17-22-54(23-18-49)92-83(117)95-62-34-55(27-28-90-62)121-42-53-31-56-36-110(37-61(53)123-56)80-97-70(67-73(101-80)124-85(6,7)43-108(15-2)77(67)115)50-19-24-59(57(88)32-50)93-79-100-72(104-105-79)52-21-26-64(119-13)113(35-52)65-39-112(48(5)41-122-65)82-99-71(68-75(103-82)126-87(10,11)45-109(16-3)78(68)116)51-20-25-60(58(89)33-51)94-84(118)96-63-38-106(12)46-91-63/h17-28,32-35,38,46-48,53,56,61,65H,14-16,29-31,36-37,39-45H2,1-13H3,(H5-,90,92,93,94,95,96,97,98,99,100,101,102,103,104,105,114,115,116,117,118)/p+1. The molecule has 7 aliphatic heterocycles. The normalized spacial score (nSPS) is 20.6. The van der Waals surface area contributed by atoms with Gasteiger partial charge in [-0.3, -0.25) is 25.0 Å². The van der Waals surface area contributed by atoms with Crippen molar-refractivity contribution in [3.8, 4) is 74.4 Å². The molecule has 6 atom stereocenters. The highest BCUT2D eigenvalue weighted by Crippen LogP contribution is 2.44. The van der Waals surface area contributed by atoms with Crippen molar-refractivity contribution in [1.82, 2.24) is 74.3 Å². The number of morpholine rings is 3. The molecule has 37 nitrogen and oxygen atoms in total. The van der Waals surface area contributed by atoms with Crippen LogP contribution in [0.4, 0.5) is 70.9 Å². The zero-order valence-electron chi connectivity index (χ0n) is 72.1. The van der Waals surface area contributed by atoms with Crippen LogP contribution in [0.15, 0.2) is 110 Å². The molecule has 658 valence electrons. The van der Waals surface area contributed by atoms with Crippen LogP contribution in [0.3, 0.4) is 0 Å². The summed E-state index contributed by atoms with van der Waals surface area (Å²) < 4.78 is 87.7. The first-order valence-electron chi connectivity index (χ1n) is 42.0. The highest BCUT2D eigenvalue weighted by atomic mass is 19.1. The van der Waals surface area contributed by atoms with Gasteiger partial charge in [0.2, 0.25) is 41.4 Å². The highest BCUT2D eigenvalue weighted by Gasteiger charge is 2.47. The molecule has 0 spiro atoms. The van der Waals surface area contributed by atoms with Crippen molar-refractivity contribution in [3.63, 3.8) is 0 Å². The number of urea groups is 2. The van der Waals surface area contributed by atoms with Crippen LogP contribution in [0.5, 0.6) is 29.3 Å². The van der Waals surface area contributed by atoms with Crippen LogP contribution >= 0.6 is 0 Å². The zero-order valence-corrected chi connectivity index (χ0v) is 72.1. The Kier molecular flexibility index (Phi) is 23.0. The number of fused-ring (bicyclic) bond motifs is 5. The molecule has 10 aromatic rings. The molecule has 6 unspecified atom stereocenters. The predicted molar refractivity (Wildman–Crippen MR) is 460 cm³/mol. The number of rotatable bonds is 21. The van der Waals surface area contributed by atoms with Crippen molar-refractivity contribution in [2.24, 2.45) is 13.0 Å². The third-order valence-corrected chi connectivity index (χ3v) is 22.9. The third-order valence-electron chi connectivity index (χ3n) is 22.9. The molecule has 14 heterocycles. The van der Waals surface area contributed by atoms with Crippen molar-refractivity contribution >= 4 is 82.3 Å². The number of ether oxygens (including phenoxy) is 8. The first-order chi connectivity index (χ1) is 60.4. The van der Waals surface area contributed by atoms with E-state index in [1.54, 1.807) is 110 Å². The zero-order chi connectivity index (χ0) is 88.4. The summed E-state index contributed by atoms with van der Waals surface area (Å²) >= 11 is 0. The van der Waals surface area contributed by atoms with Crippen molar-refractivity contribution in [2.75, 3.05) is 140 Å². The Hall–Kier alpha value is -13.6. The molecule has 3 aromatic carbocycles. The minimum atomic E-state index is -0.909. The number of methoxy groups -OCH3 is 1. The molecular formula is C87H99F2N24O13+. The molecule has 6 N–H and O–H groups in total. The number of benzene rings is 3. The fourth-order valence-electron chi connectivity index (χ4n) is 16.8. The number of pyridine rings is 2. The summed E-state index contributed by atoms with van der Waals surface area (Å²) in [5.41, 5.74) is 0.572.